The lowest BCUT2D eigenvalue weighted by molar-refractivity contribution is -0.138. The second-order valence-electron chi connectivity index (χ2n) is 6.12. The molecule has 1 aliphatic heterocycles. The number of hydrogen-bond donors (Lipinski definition) is 2. The third kappa shape index (κ3) is 2.60. The van der Waals surface area contributed by atoms with Gasteiger partial charge in [-0.15, -0.1) is 0 Å². The number of nitrogens with zero attached hydrogens (tertiary/aromatic N) is 1. The van der Waals surface area contributed by atoms with Crippen molar-refractivity contribution >= 4 is 17.7 Å². The van der Waals surface area contributed by atoms with Crippen molar-refractivity contribution in [3.63, 3.8) is 0 Å². The van der Waals surface area contributed by atoms with Gasteiger partial charge in [0, 0.05) is 18.3 Å². The summed E-state index contributed by atoms with van der Waals surface area (Å²) in [5.74, 6) is -0.866. The molecule has 5 nitrogen and oxygen atoms in total. The van der Waals surface area contributed by atoms with Gasteiger partial charge in [0.15, 0.2) is 0 Å². The lowest BCUT2D eigenvalue weighted by Crippen LogP contribution is -2.44. The van der Waals surface area contributed by atoms with E-state index in [0.717, 1.165) is 24.8 Å². The monoisotopic (exact) mass is 288 g/mol. The van der Waals surface area contributed by atoms with Gasteiger partial charge in [0.25, 0.3) is 0 Å². The Kier molecular flexibility index (Phi) is 3.57. The van der Waals surface area contributed by atoms with Crippen molar-refractivity contribution < 1.29 is 14.7 Å². The Morgan fingerprint density at radius 3 is 2.71 bits per heavy atom. The summed E-state index contributed by atoms with van der Waals surface area (Å²) in [7, 11) is 0. The highest BCUT2D eigenvalue weighted by molar-refractivity contribution is 5.98. The van der Waals surface area contributed by atoms with E-state index in [4.69, 9.17) is 0 Å². The Balaban J connectivity index is 1.77. The van der Waals surface area contributed by atoms with E-state index in [0.29, 0.717) is 11.6 Å². The summed E-state index contributed by atoms with van der Waals surface area (Å²) in [4.78, 5) is 25.4. The molecule has 2 aliphatic rings. The summed E-state index contributed by atoms with van der Waals surface area (Å²) in [6, 6.07) is 7.29. The molecule has 0 radical (unpaired) electrons. The van der Waals surface area contributed by atoms with Crippen LogP contribution in [0.3, 0.4) is 0 Å². The van der Waals surface area contributed by atoms with Crippen LogP contribution in [0.5, 0.6) is 0 Å². The summed E-state index contributed by atoms with van der Waals surface area (Å²) in [6.07, 6.45) is 3.15. The molecule has 2 N–H and O–H groups in total. The molecule has 1 aromatic rings. The van der Waals surface area contributed by atoms with E-state index in [2.05, 4.69) is 12.2 Å². The molecular weight excluding hydrogens is 268 g/mol. The maximum Gasteiger partial charge on any atom is 0.322 e. The topological polar surface area (TPSA) is 69.6 Å². The molecule has 5 heteroatoms. The lowest BCUT2D eigenvalue weighted by Gasteiger charge is -2.21. The van der Waals surface area contributed by atoms with Crippen LogP contribution >= 0.6 is 0 Å². The molecule has 3 unspecified atom stereocenters. The van der Waals surface area contributed by atoms with Crippen LogP contribution in [0.2, 0.25) is 0 Å². The van der Waals surface area contributed by atoms with E-state index in [1.807, 2.05) is 18.2 Å². The third-order valence-electron chi connectivity index (χ3n) is 4.53. The van der Waals surface area contributed by atoms with Crippen molar-refractivity contribution in [1.82, 2.24) is 5.32 Å². The second kappa shape index (κ2) is 5.39. The maximum atomic E-state index is 12.5. The third-order valence-corrected chi connectivity index (χ3v) is 4.53. The van der Waals surface area contributed by atoms with Crippen LogP contribution in [0.15, 0.2) is 24.3 Å². The van der Waals surface area contributed by atoms with E-state index < -0.39 is 11.9 Å². The first-order chi connectivity index (χ1) is 10.1. The number of nitrogens with one attached hydrogen (secondary N) is 1. The number of amides is 2. The molecule has 0 saturated heterocycles. The van der Waals surface area contributed by atoms with Crippen LogP contribution in [0.25, 0.3) is 0 Å². The fourth-order valence-electron chi connectivity index (χ4n) is 3.40. The molecule has 3 atom stereocenters. The van der Waals surface area contributed by atoms with Gasteiger partial charge in [-0.1, -0.05) is 25.1 Å². The van der Waals surface area contributed by atoms with Gasteiger partial charge in [0.1, 0.15) is 5.92 Å². The van der Waals surface area contributed by atoms with Gasteiger partial charge in [-0.2, -0.15) is 0 Å². The molecule has 1 heterocycles. The molecule has 3 rings (SSSR count). The Morgan fingerprint density at radius 2 is 2.05 bits per heavy atom. The molecule has 2 amide bonds. The van der Waals surface area contributed by atoms with Gasteiger partial charge in [0.05, 0.1) is 0 Å². The molecule has 1 saturated carbocycles. The Labute approximate surface area is 123 Å². The summed E-state index contributed by atoms with van der Waals surface area (Å²) in [5, 5.41) is 12.4. The molecular formula is C16H20N2O3. The van der Waals surface area contributed by atoms with Gasteiger partial charge in [-0.25, -0.2) is 4.79 Å². The number of carboxylic acid groups (broad SMARTS) is 1. The Morgan fingerprint density at radius 1 is 1.29 bits per heavy atom. The van der Waals surface area contributed by atoms with Gasteiger partial charge >= 0.3 is 12.0 Å². The molecule has 1 fully saturated rings. The SMILES string of the molecule is CC1CCC(NC(=O)N2CC(C(=O)O)c3ccccc32)C1. The molecule has 0 spiro atoms. The highest BCUT2D eigenvalue weighted by atomic mass is 16.4. The molecule has 1 aliphatic carbocycles. The fourth-order valence-corrected chi connectivity index (χ4v) is 3.40. The van der Waals surface area contributed by atoms with Crippen LogP contribution in [0, 0.1) is 5.92 Å². The quantitative estimate of drug-likeness (QED) is 0.878. The number of benzene rings is 1. The predicted molar refractivity (Wildman–Crippen MR) is 79.5 cm³/mol. The van der Waals surface area contributed by atoms with Gasteiger partial charge < -0.3 is 10.4 Å². The lowest BCUT2D eigenvalue weighted by atomic mass is 10.0. The first-order valence-corrected chi connectivity index (χ1v) is 7.46. The Bertz CT molecular complexity index is 572. The zero-order valence-corrected chi connectivity index (χ0v) is 12.1. The van der Waals surface area contributed by atoms with Crippen molar-refractivity contribution in [2.75, 3.05) is 11.4 Å². The van der Waals surface area contributed by atoms with Crippen LogP contribution in [0.1, 0.15) is 37.7 Å². The van der Waals surface area contributed by atoms with E-state index in [1.165, 1.54) is 0 Å². The first kappa shape index (κ1) is 13.9. The minimum atomic E-state index is -0.882. The molecule has 1 aromatic carbocycles. The first-order valence-electron chi connectivity index (χ1n) is 7.46. The number of carbonyl (C=O) groups is 2. The smallest absolute Gasteiger partial charge is 0.322 e. The van der Waals surface area contributed by atoms with E-state index >= 15 is 0 Å². The highest BCUT2D eigenvalue weighted by Gasteiger charge is 2.37. The highest BCUT2D eigenvalue weighted by Crippen LogP contribution is 2.36. The zero-order chi connectivity index (χ0) is 15.0. The predicted octanol–water partition coefficient (Wildman–Crippen LogP) is 2.57. The van der Waals surface area contributed by atoms with Crippen LogP contribution in [0.4, 0.5) is 10.5 Å². The van der Waals surface area contributed by atoms with Crippen LogP contribution in [-0.2, 0) is 4.79 Å². The normalized spacial score (nSPS) is 27.5. The number of carboxylic acids is 1. The molecule has 0 aromatic heterocycles. The average Bonchev–Trinajstić information content (AvgIpc) is 3.02. The summed E-state index contributed by atoms with van der Waals surface area (Å²) < 4.78 is 0. The zero-order valence-electron chi connectivity index (χ0n) is 12.1. The average molecular weight is 288 g/mol. The van der Waals surface area contributed by atoms with E-state index in [1.54, 1.807) is 11.0 Å². The van der Waals surface area contributed by atoms with Gasteiger partial charge in [0.2, 0.25) is 0 Å². The number of hydrogen-bond acceptors (Lipinski definition) is 2. The van der Waals surface area contributed by atoms with Crippen molar-refractivity contribution in [2.45, 2.75) is 38.1 Å². The largest absolute Gasteiger partial charge is 0.481 e. The van der Waals surface area contributed by atoms with Gasteiger partial charge in [-0.05, 0) is 36.8 Å². The number of urea groups is 1. The number of fused-ring (bicyclic) bond motifs is 1. The minimum Gasteiger partial charge on any atom is -0.481 e. The number of para-hydroxylation sites is 1. The summed E-state index contributed by atoms with van der Waals surface area (Å²) in [5.41, 5.74) is 1.44. The van der Waals surface area contributed by atoms with Crippen LogP contribution in [-0.4, -0.2) is 29.7 Å². The molecule has 112 valence electrons. The van der Waals surface area contributed by atoms with E-state index in [9.17, 15) is 14.7 Å². The standard InChI is InChI=1S/C16H20N2O3/c1-10-6-7-11(8-10)17-16(21)18-9-13(15(19)20)12-4-2-3-5-14(12)18/h2-5,10-11,13H,6-9H2,1H3,(H,17,21)(H,19,20). The second-order valence-corrected chi connectivity index (χ2v) is 6.12. The van der Waals surface area contributed by atoms with Crippen molar-refractivity contribution in [3.8, 4) is 0 Å². The van der Waals surface area contributed by atoms with E-state index in [-0.39, 0.29) is 18.6 Å². The number of carbonyl (C=O) groups excluding carboxylic acids is 1. The molecule has 0 bridgehead atoms. The minimum absolute atomic E-state index is 0.176. The van der Waals surface area contributed by atoms with Crippen molar-refractivity contribution in [2.24, 2.45) is 5.92 Å². The fraction of sp³-hybridized carbons (Fsp3) is 0.500. The van der Waals surface area contributed by atoms with Crippen molar-refractivity contribution in [1.29, 1.82) is 0 Å². The number of anilines is 1. The summed E-state index contributed by atoms with van der Waals surface area (Å²) >= 11 is 0. The van der Waals surface area contributed by atoms with Crippen LogP contribution < -0.4 is 10.2 Å². The summed E-state index contributed by atoms with van der Waals surface area (Å²) in [6.45, 7) is 2.40. The van der Waals surface area contributed by atoms with Gasteiger partial charge in [-0.3, -0.25) is 9.69 Å². The van der Waals surface area contributed by atoms with Crippen molar-refractivity contribution in [3.05, 3.63) is 29.8 Å². The number of aliphatic carboxylic acids is 1. The number of rotatable bonds is 2. The molecule has 21 heavy (non-hydrogen) atoms. The maximum absolute atomic E-state index is 12.5. The Hall–Kier alpha value is -2.04.